The van der Waals surface area contributed by atoms with Gasteiger partial charge in [-0.05, 0) is 12.3 Å². The number of hydrogen-bond donors (Lipinski definition) is 0. The number of hydrogen-bond acceptors (Lipinski definition) is 1. The van der Waals surface area contributed by atoms with E-state index in [1.165, 1.54) is 0 Å². The van der Waals surface area contributed by atoms with Gasteiger partial charge in [0.05, 0.1) is 5.38 Å². The van der Waals surface area contributed by atoms with E-state index < -0.39 is 0 Å². The quantitative estimate of drug-likeness (QED) is 0.477. The predicted octanol–water partition coefficient (Wildman–Crippen LogP) is 1.84. The molecule has 1 aliphatic carbocycles. The first-order valence-corrected chi connectivity index (χ1v) is 3.74. The van der Waals surface area contributed by atoms with Crippen LogP contribution in [0.5, 0.6) is 0 Å². The molecule has 0 saturated heterocycles. The molecule has 0 N–H and O–H groups in total. The van der Waals surface area contributed by atoms with Gasteiger partial charge in [0, 0.05) is 5.92 Å². The second kappa shape index (κ2) is 2.30. The third-order valence-electron chi connectivity index (χ3n) is 1.98. The average Bonchev–Trinajstić information content (AvgIpc) is 1.98. The zero-order valence-corrected chi connectivity index (χ0v) is 6.48. The van der Waals surface area contributed by atoms with Gasteiger partial charge in [-0.3, -0.25) is 4.79 Å². The number of carbonyl (C=O) groups excluding carboxylic acids is 1. The number of alkyl halides is 1. The maximum atomic E-state index is 11.0. The number of Topliss-reactive ketones (excluding diaryl/α,β-unsaturated/α-hetero) is 1. The fraction of sp³-hybridized carbons (Fsp3) is 0.857. The molecule has 1 aliphatic rings. The Kier molecular flexibility index (Phi) is 1.80. The molecule has 52 valence electrons. The smallest absolute Gasteiger partial charge is 0.153 e. The SMILES string of the molecule is CC1CC(C)C(Cl)C1=O. The summed E-state index contributed by atoms with van der Waals surface area (Å²) in [4.78, 5) is 11.0. The molecule has 0 bridgehead atoms. The van der Waals surface area contributed by atoms with Gasteiger partial charge in [0.25, 0.3) is 0 Å². The molecule has 0 aromatic heterocycles. The van der Waals surface area contributed by atoms with E-state index in [0.717, 1.165) is 6.42 Å². The van der Waals surface area contributed by atoms with Gasteiger partial charge in [-0.2, -0.15) is 0 Å². The first kappa shape index (κ1) is 7.07. The Labute approximate surface area is 60.4 Å². The van der Waals surface area contributed by atoms with Gasteiger partial charge in [-0.25, -0.2) is 0 Å². The molecule has 1 nitrogen and oxygen atoms in total. The molecule has 0 amide bonds. The highest BCUT2D eigenvalue weighted by molar-refractivity contribution is 6.32. The summed E-state index contributed by atoms with van der Waals surface area (Å²) < 4.78 is 0. The summed E-state index contributed by atoms with van der Waals surface area (Å²) in [6, 6.07) is 0. The van der Waals surface area contributed by atoms with Crippen molar-refractivity contribution in [3.8, 4) is 0 Å². The lowest BCUT2D eigenvalue weighted by molar-refractivity contribution is -0.120. The van der Waals surface area contributed by atoms with Crippen molar-refractivity contribution >= 4 is 17.4 Å². The Morgan fingerprint density at radius 3 is 2.22 bits per heavy atom. The molecule has 0 radical (unpaired) electrons. The van der Waals surface area contributed by atoms with E-state index in [9.17, 15) is 4.79 Å². The van der Waals surface area contributed by atoms with Crippen LogP contribution >= 0.6 is 11.6 Å². The molecule has 9 heavy (non-hydrogen) atoms. The van der Waals surface area contributed by atoms with E-state index in [1.807, 2.05) is 13.8 Å². The first-order valence-electron chi connectivity index (χ1n) is 3.30. The summed E-state index contributed by atoms with van der Waals surface area (Å²) in [5.41, 5.74) is 0. The second-order valence-electron chi connectivity index (χ2n) is 2.92. The van der Waals surface area contributed by atoms with Gasteiger partial charge in [-0.15, -0.1) is 11.6 Å². The molecular formula is C7H11ClO. The third-order valence-corrected chi connectivity index (χ3v) is 2.63. The van der Waals surface area contributed by atoms with Gasteiger partial charge in [0.2, 0.25) is 0 Å². The first-order chi connectivity index (χ1) is 4.13. The van der Waals surface area contributed by atoms with Crippen LogP contribution in [0.25, 0.3) is 0 Å². The molecule has 0 aliphatic heterocycles. The van der Waals surface area contributed by atoms with Crippen LogP contribution in [0.1, 0.15) is 20.3 Å². The highest BCUT2D eigenvalue weighted by Crippen LogP contribution is 2.30. The maximum Gasteiger partial charge on any atom is 0.153 e. The zero-order chi connectivity index (χ0) is 7.02. The van der Waals surface area contributed by atoms with Crippen molar-refractivity contribution in [3.05, 3.63) is 0 Å². The standard InChI is InChI=1S/C7H11ClO/c1-4-3-5(2)7(9)6(4)8/h4-6H,3H2,1-2H3. The predicted molar refractivity (Wildman–Crippen MR) is 37.6 cm³/mol. The normalized spacial score (nSPS) is 43.9. The van der Waals surface area contributed by atoms with Crippen molar-refractivity contribution in [2.24, 2.45) is 11.8 Å². The highest BCUT2D eigenvalue weighted by Gasteiger charge is 2.35. The molecule has 0 aromatic carbocycles. The number of ketones is 1. The van der Waals surface area contributed by atoms with E-state index >= 15 is 0 Å². The molecule has 3 atom stereocenters. The zero-order valence-electron chi connectivity index (χ0n) is 5.73. The third kappa shape index (κ3) is 1.11. The fourth-order valence-electron chi connectivity index (χ4n) is 1.35. The van der Waals surface area contributed by atoms with E-state index in [0.29, 0.717) is 5.92 Å². The topological polar surface area (TPSA) is 17.1 Å². The molecule has 1 fully saturated rings. The molecule has 1 saturated carbocycles. The van der Waals surface area contributed by atoms with Crippen LogP contribution in [0.2, 0.25) is 0 Å². The fourth-order valence-corrected chi connectivity index (χ4v) is 1.66. The van der Waals surface area contributed by atoms with Gasteiger partial charge in [0.1, 0.15) is 0 Å². The van der Waals surface area contributed by atoms with E-state index in [1.54, 1.807) is 0 Å². The minimum absolute atomic E-state index is 0.197. The van der Waals surface area contributed by atoms with Crippen LogP contribution in [-0.2, 0) is 4.79 Å². The minimum Gasteiger partial charge on any atom is -0.298 e. The van der Waals surface area contributed by atoms with Gasteiger partial charge < -0.3 is 0 Å². The van der Waals surface area contributed by atoms with Crippen LogP contribution in [-0.4, -0.2) is 11.2 Å². The summed E-state index contributed by atoms with van der Waals surface area (Å²) in [5.74, 6) is 0.806. The number of halogens is 1. The molecule has 3 unspecified atom stereocenters. The Morgan fingerprint density at radius 1 is 1.56 bits per heavy atom. The van der Waals surface area contributed by atoms with Crippen molar-refractivity contribution in [1.82, 2.24) is 0 Å². The Morgan fingerprint density at radius 2 is 2.11 bits per heavy atom. The Balaban J connectivity index is 2.65. The lowest BCUT2D eigenvalue weighted by Crippen LogP contribution is -2.13. The van der Waals surface area contributed by atoms with Crippen LogP contribution in [0.4, 0.5) is 0 Å². The van der Waals surface area contributed by atoms with Crippen LogP contribution in [0.3, 0.4) is 0 Å². The molecule has 0 aromatic rings. The summed E-state index contributed by atoms with van der Waals surface area (Å²) in [5, 5.41) is -0.208. The van der Waals surface area contributed by atoms with E-state index in [-0.39, 0.29) is 17.1 Å². The molecule has 0 heterocycles. The average molecular weight is 147 g/mol. The Hall–Kier alpha value is -0.0400. The van der Waals surface area contributed by atoms with Crippen LogP contribution in [0.15, 0.2) is 0 Å². The molecular weight excluding hydrogens is 136 g/mol. The second-order valence-corrected chi connectivity index (χ2v) is 3.39. The molecule has 0 spiro atoms. The number of rotatable bonds is 0. The van der Waals surface area contributed by atoms with Crippen LogP contribution in [0, 0.1) is 11.8 Å². The summed E-state index contributed by atoms with van der Waals surface area (Å²) in [6.07, 6.45) is 0.965. The van der Waals surface area contributed by atoms with Crippen molar-refractivity contribution in [3.63, 3.8) is 0 Å². The summed E-state index contributed by atoms with van der Waals surface area (Å²) in [7, 11) is 0. The summed E-state index contributed by atoms with van der Waals surface area (Å²) >= 11 is 5.76. The van der Waals surface area contributed by atoms with E-state index in [2.05, 4.69) is 0 Å². The van der Waals surface area contributed by atoms with Gasteiger partial charge >= 0.3 is 0 Å². The minimum atomic E-state index is -0.208. The van der Waals surface area contributed by atoms with Crippen molar-refractivity contribution in [2.45, 2.75) is 25.6 Å². The number of carbonyl (C=O) groups is 1. The lowest BCUT2D eigenvalue weighted by Gasteiger charge is -2.01. The maximum absolute atomic E-state index is 11.0. The Bertz CT molecular complexity index is 133. The van der Waals surface area contributed by atoms with Crippen molar-refractivity contribution < 1.29 is 4.79 Å². The largest absolute Gasteiger partial charge is 0.298 e. The van der Waals surface area contributed by atoms with Gasteiger partial charge in [0.15, 0.2) is 5.78 Å². The molecule has 1 rings (SSSR count). The van der Waals surface area contributed by atoms with Crippen molar-refractivity contribution in [1.29, 1.82) is 0 Å². The highest BCUT2D eigenvalue weighted by atomic mass is 35.5. The van der Waals surface area contributed by atoms with E-state index in [4.69, 9.17) is 11.6 Å². The summed E-state index contributed by atoms with van der Waals surface area (Å²) in [6.45, 7) is 3.97. The monoisotopic (exact) mass is 146 g/mol. The van der Waals surface area contributed by atoms with Crippen LogP contribution < -0.4 is 0 Å². The van der Waals surface area contributed by atoms with Gasteiger partial charge in [-0.1, -0.05) is 13.8 Å². The molecule has 2 heteroatoms. The lowest BCUT2D eigenvalue weighted by atomic mass is 10.1. The van der Waals surface area contributed by atoms with Crippen molar-refractivity contribution in [2.75, 3.05) is 0 Å².